The highest BCUT2D eigenvalue weighted by Gasteiger charge is 2.22. The number of imidazole rings is 1. The van der Waals surface area contributed by atoms with Crippen molar-refractivity contribution in [2.45, 2.75) is 11.8 Å². The van der Waals surface area contributed by atoms with Gasteiger partial charge in [0.15, 0.2) is 9.84 Å². The minimum absolute atomic E-state index is 0.0957. The van der Waals surface area contributed by atoms with E-state index in [1.54, 1.807) is 36.0 Å². The highest BCUT2D eigenvalue weighted by Crippen LogP contribution is 2.27. The van der Waals surface area contributed by atoms with Crippen molar-refractivity contribution in [2.24, 2.45) is 0 Å². The topological polar surface area (TPSA) is 78.3 Å². The van der Waals surface area contributed by atoms with Gasteiger partial charge in [-0.2, -0.15) is 0 Å². The van der Waals surface area contributed by atoms with E-state index >= 15 is 0 Å². The molecule has 0 amide bonds. The molecule has 7 heteroatoms. The van der Waals surface area contributed by atoms with E-state index in [0.717, 1.165) is 6.26 Å². The van der Waals surface area contributed by atoms with Gasteiger partial charge in [0.2, 0.25) is 0 Å². The molecule has 1 aromatic carbocycles. The summed E-state index contributed by atoms with van der Waals surface area (Å²) < 4.78 is 30.3. The Morgan fingerprint density at radius 1 is 1.35 bits per heavy atom. The Labute approximate surface area is 116 Å². The first-order valence-electron chi connectivity index (χ1n) is 5.76. The van der Waals surface area contributed by atoms with Crippen LogP contribution in [-0.2, 0) is 14.6 Å². The van der Waals surface area contributed by atoms with Crippen LogP contribution in [0.25, 0.3) is 5.69 Å². The molecule has 2 aromatic rings. The van der Waals surface area contributed by atoms with E-state index in [1.807, 2.05) is 0 Å². The molecule has 0 radical (unpaired) electrons. The van der Waals surface area contributed by atoms with Gasteiger partial charge >= 0.3 is 5.97 Å². The predicted molar refractivity (Wildman–Crippen MR) is 72.8 cm³/mol. The summed E-state index contributed by atoms with van der Waals surface area (Å²) >= 11 is 0. The molecule has 0 aliphatic heterocycles. The third-order valence-electron chi connectivity index (χ3n) is 2.94. The fourth-order valence-electron chi connectivity index (χ4n) is 2.08. The first-order valence-corrected chi connectivity index (χ1v) is 7.65. The molecule has 1 heterocycles. The number of aromatic nitrogens is 2. The summed E-state index contributed by atoms with van der Waals surface area (Å²) in [6.45, 7) is 1.59. The van der Waals surface area contributed by atoms with Crippen LogP contribution in [0, 0.1) is 6.92 Å². The zero-order valence-electron chi connectivity index (χ0n) is 11.3. The van der Waals surface area contributed by atoms with Crippen molar-refractivity contribution < 1.29 is 17.9 Å². The molecule has 0 aliphatic rings. The summed E-state index contributed by atoms with van der Waals surface area (Å²) in [5.41, 5.74) is 1.05. The SMILES string of the molecule is COC(=O)c1ccc(-n2ccnc2)c(S(C)(=O)=O)c1C. The summed E-state index contributed by atoms with van der Waals surface area (Å²) in [5.74, 6) is -0.565. The lowest BCUT2D eigenvalue weighted by Gasteiger charge is -2.14. The highest BCUT2D eigenvalue weighted by molar-refractivity contribution is 7.90. The van der Waals surface area contributed by atoms with Crippen LogP contribution < -0.4 is 0 Å². The van der Waals surface area contributed by atoms with E-state index in [-0.39, 0.29) is 10.5 Å². The predicted octanol–water partition coefficient (Wildman–Crippen LogP) is 1.37. The van der Waals surface area contributed by atoms with Gasteiger partial charge in [0.05, 0.1) is 29.6 Å². The first-order chi connectivity index (χ1) is 9.36. The molecule has 1 aromatic heterocycles. The molecule has 0 fully saturated rings. The first kappa shape index (κ1) is 14.3. The van der Waals surface area contributed by atoms with Gasteiger partial charge in [-0.15, -0.1) is 0 Å². The van der Waals surface area contributed by atoms with Crippen molar-refractivity contribution in [3.05, 3.63) is 42.0 Å². The number of hydrogen-bond acceptors (Lipinski definition) is 5. The molecule has 0 saturated heterocycles. The average molecular weight is 294 g/mol. The Kier molecular flexibility index (Phi) is 3.63. The summed E-state index contributed by atoms with van der Waals surface area (Å²) in [6, 6.07) is 3.11. The maximum Gasteiger partial charge on any atom is 0.338 e. The monoisotopic (exact) mass is 294 g/mol. The second-order valence-corrected chi connectivity index (χ2v) is 6.27. The molecule has 0 bridgehead atoms. The lowest BCUT2D eigenvalue weighted by molar-refractivity contribution is 0.0599. The number of ether oxygens (including phenoxy) is 1. The number of sulfone groups is 1. The minimum Gasteiger partial charge on any atom is -0.465 e. The summed E-state index contributed by atoms with van der Waals surface area (Å²) in [5, 5.41) is 0. The lowest BCUT2D eigenvalue weighted by Crippen LogP contribution is -2.12. The summed E-state index contributed by atoms with van der Waals surface area (Å²) in [6.07, 6.45) is 5.80. The second-order valence-electron chi connectivity index (χ2n) is 4.32. The number of carbonyl (C=O) groups excluding carboxylic acids is 1. The van der Waals surface area contributed by atoms with Crippen molar-refractivity contribution in [1.29, 1.82) is 0 Å². The summed E-state index contributed by atoms with van der Waals surface area (Å²) in [4.78, 5) is 15.7. The van der Waals surface area contributed by atoms with Crippen molar-refractivity contribution in [1.82, 2.24) is 9.55 Å². The van der Waals surface area contributed by atoms with Crippen LogP contribution in [0.5, 0.6) is 0 Å². The van der Waals surface area contributed by atoms with Crippen molar-refractivity contribution in [3.63, 3.8) is 0 Å². The van der Waals surface area contributed by atoms with Crippen LogP contribution in [0.3, 0.4) is 0 Å². The molecular weight excluding hydrogens is 280 g/mol. The Bertz CT molecular complexity index is 749. The van der Waals surface area contributed by atoms with Gasteiger partial charge in [-0.05, 0) is 24.6 Å². The van der Waals surface area contributed by atoms with Gasteiger partial charge in [-0.3, -0.25) is 0 Å². The fraction of sp³-hybridized carbons (Fsp3) is 0.231. The molecule has 0 N–H and O–H groups in total. The molecule has 20 heavy (non-hydrogen) atoms. The van der Waals surface area contributed by atoms with Crippen molar-refractivity contribution >= 4 is 15.8 Å². The Balaban J connectivity index is 2.79. The molecule has 0 saturated carbocycles. The standard InChI is InChI=1S/C13H14N2O4S/c1-9-10(13(16)19-2)4-5-11(12(9)20(3,17)18)15-7-6-14-8-15/h4-8H,1-3H3. The number of carbonyl (C=O) groups is 1. The number of methoxy groups -OCH3 is 1. The van der Waals surface area contributed by atoms with Gasteiger partial charge in [0.25, 0.3) is 0 Å². The van der Waals surface area contributed by atoms with Crippen molar-refractivity contribution in [3.8, 4) is 5.69 Å². The lowest BCUT2D eigenvalue weighted by atomic mass is 10.1. The van der Waals surface area contributed by atoms with E-state index in [0.29, 0.717) is 11.3 Å². The van der Waals surface area contributed by atoms with E-state index in [4.69, 9.17) is 0 Å². The number of esters is 1. The third kappa shape index (κ3) is 2.44. The van der Waals surface area contributed by atoms with E-state index in [2.05, 4.69) is 9.72 Å². The molecule has 2 rings (SSSR count). The maximum atomic E-state index is 12.0. The fourth-order valence-corrected chi connectivity index (χ4v) is 3.30. The number of hydrogen-bond donors (Lipinski definition) is 0. The number of nitrogens with zero attached hydrogens (tertiary/aromatic N) is 2. The minimum atomic E-state index is -3.51. The normalized spacial score (nSPS) is 11.3. The van der Waals surface area contributed by atoms with Crippen LogP contribution in [-0.4, -0.2) is 37.3 Å². The third-order valence-corrected chi connectivity index (χ3v) is 4.20. The van der Waals surface area contributed by atoms with Gasteiger partial charge in [0, 0.05) is 18.6 Å². The van der Waals surface area contributed by atoms with Gasteiger partial charge in [-0.25, -0.2) is 18.2 Å². The average Bonchev–Trinajstić information content (AvgIpc) is 2.89. The summed E-state index contributed by atoms with van der Waals surface area (Å²) in [7, 11) is -2.26. The van der Waals surface area contributed by atoms with E-state index < -0.39 is 15.8 Å². The van der Waals surface area contributed by atoms with E-state index in [9.17, 15) is 13.2 Å². The van der Waals surface area contributed by atoms with Crippen LogP contribution in [0.15, 0.2) is 35.7 Å². The Morgan fingerprint density at radius 2 is 2.05 bits per heavy atom. The molecule has 0 spiro atoms. The van der Waals surface area contributed by atoms with Crippen LogP contribution in [0.2, 0.25) is 0 Å². The van der Waals surface area contributed by atoms with Gasteiger partial charge in [-0.1, -0.05) is 0 Å². The molecule has 0 atom stereocenters. The highest BCUT2D eigenvalue weighted by atomic mass is 32.2. The zero-order chi connectivity index (χ0) is 14.9. The molecule has 6 nitrogen and oxygen atoms in total. The van der Waals surface area contributed by atoms with E-state index in [1.165, 1.54) is 13.4 Å². The van der Waals surface area contributed by atoms with Crippen LogP contribution in [0.4, 0.5) is 0 Å². The molecule has 106 valence electrons. The van der Waals surface area contributed by atoms with Crippen molar-refractivity contribution in [2.75, 3.05) is 13.4 Å². The van der Waals surface area contributed by atoms with Gasteiger partial charge in [0.1, 0.15) is 0 Å². The number of benzene rings is 1. The maximum absolute atomic E-state index is 12.0. The second kappa shape index (κ2) is 5.09. The zero-order valence-corrected chi connectivity index (χ0v) is 12.1. The molecule has 0 unspecified atom stereocenters. The van der Waals surface area contributed by atoms with Crippen LogP contribution in [0.1, 0.15) is 15.9 Å². The quantitative estimate of drug-likeness (QED) is 0.799. The largest absolute Gasteiger partial charge is 0.465 e. The Morgan fingerprint density at radius 3 is 2.55 bits per heavy atom. The molecular formula is C13H14N2O4S. The number of rotatable bonds is 3. The Hall–Kier alpha value is -2.15. The van der Waals surface area contributed by atoms with Gasteiger partial charge < -0.3 is 9.30 Å². The smallest absolute Gasteiger partial charge is 0.338 e. The van der Waals surface area contributed by atoms with Crippen LogP contribution >= 0.6 is 0 Å². The molecule has 0 aliphatic carbocycles.